The number of nitrogens with zero attached hydrogens (tertiary/aromatic N) is 1. The zero-order valence-corrected chi connectivity index (χ0v) is 16.0. The average Bonchev–Trinajstić information content (AvgIpc) is 2.92. The highest BCUT2D eigenvalue weighted by Gasteiger charge is 2.53. The lowest BCUT2D eigenvalue weighted by Gasteiger charge is -2.40. The van der Waals surface area contributed by atoms with Crippen LogP contribution in [-0.4, -0.2) is 54.6 Å². The first-order valence-corrected chi connectivity index (χ1v) is 8.97. The zero-order valence-electron chi connectivity index (χ0n) is 16.0. The first-order chi connectivity index (χ1) is 12.7. The average molecular weight is 374 g/mol. The van der Waals surface area contributed by atoms with Gasteiger partial charge in [0.05, 0.1) is 30.9 Å². The van der Waals surface area contributed by atoms with Crippen LogP contribution in [0.5, 0.6) is 0 Å². The Morgan fingerprint density at radius 3 is 2.67 bits per heavy atom. The molecule has 146 valence electrons. The summed E-state index contributed by atoms with van der Waals surface area (Å²) in [6.45, 7) is 11.0. The largest absolute Gasteiger partial charge is 0.444 e. The quantitative estimate of drug-likeness (QED) is 0.820. The predicted molar refractivity (Wildman–Crippen MR) is 99.0 cm³/mol. The second-order valence-electron chi connectivity index (χ2n) is 8.05. The Hall–Kier alpha value is -2.38. The lowest BCUT2D eigenvalue weighted by atomic mass is 9.81. The van der Waals surface area contributed by atoms with E-state index in [1.807, 2.05) is 6.07 Å². The number of hydrogen-bond donors (Lipinski definition) is 1. The van der Waals surface area contributed by atoms with Gasteiger partial charge >= 0.3 is 12.1 Å². The Kier molecular flexibility index (Phi) is 5.26. The Bertz CT molecular complexity index is 728. The molecule has 7 nitrogen and oxygen atoms in total. The van der Waals surface area contributed by atoms with Crippen molar-refractivity contribution in [1.29, 1.82) is 0 Å². The van der Waals surface area contributed by atoms with Gasteiger partial charge in [-0.25, -0.2) is 9.59 Å². The number of hydrogen-bond acceptors (Lipinski definition) is 6. The van der Waals surface area contributed by atoms with Crippen LogP contribution in [0.4, 0.5) is 4.79 Å². The van der Waals surface area contributed by atoms with Crippen LogP contribution in [0.2, 0.25) is 0 Å². The van der Waals surface area contributed by atoms with Crippen LogP contribution in [0.1, 0.15) is 31.1 Å². The molecule has 2 heterocycles. The molecule has 1 aromatic rings. The Morgan fingerprint density at radius 1 is 1.30 bits per heavy atom. The molecule has 2 aliphatic rings. The lowest BCUT2D eigenvalue weighted by Crippen LogP contribution is -2.60. The van der Waals surface area contributed by atoms with E-state index in [0.29, 0.717) is 31.9 Å². The molecule has 1 N–H and O–H groups in total. The number of nitrogens with one attached hydrogen (secondary N) is 1. The number of carbonyl (C=O) groups excluding carboxylic acids is 2. The molecule has 2 saturated heterocycles. The summed E-state index contributed by atoms with van der Waals surface area (Å²) in [5.74, 6) is -0.532. The SMILES string of the molecule is C=C1COC[C@@]2(NC(=O)OC(C)(C)C)CN(OC(=O)c3ccccc3)C[C@H]12. The third kappa shape index (κ3) is 4.48. The molecule has 0 unspecified atom stereocenters. The number of ether oxygens (including phenoxy) is 2. The Balaban J connectivity index is 1.73. The van der Waals surface area contributed by atoms with Gasteiger partial charge in [0.1, 0.15) is 5.60 Å². The number of fused-ring (bicyclic) bond motifs is 1. The van der Waals surface area contributed by atoms with E-state index in [4.69, 9.17) is 14.3 Å². The molecular formula is C20H26N2O5. The molecule has 3 rings (SSSR count). The number of hydroxylamine groups is 2. The van der Waals surface area contributed by atoms with Crippen molar-refractivity contribution in [1.82, 2.24) is 10.4 Å². The van der Waals surface area contributed by atoms with E-state index in [1.54, 1.807) is 50.1 Å². The molecule has 0 bridgehead atoms. The monoisotopic (exact) mass is 374 g/mol. The lowest BCUT2D eigenvalue weighted by molar-refractivity contribution is -0.0990. The number of carbonyl (C=O) groups is 2. The fourth-order valence-electron chi connectivity index (χ4n) is 3.48. The summed E-state index contributed by atoms with van der Waals surface area (Å²) in [4.78, 5) is 30.3. The van der Waals surface area contributed by atoms with Crippen molar-refractivity contribution in [2.45, 2.75) is 31.9 Å². The van der Waals surface area contributed by atoms with E-state index < -0.39 is 23.2 Å². The van der Waals surface area contributed by atoms with Gasteiger partial charge in [0.25, 0.3) is 0 Å². The van der Waals surface area contributed by atoms with Gasteiger partial charge in [-0.3, -0.25) is 0 Å². The van der Waals surface area contributed by atoms with Gasteiger partial charge in [-0.15, -0.1) is 5.06 Å². The van der Waals surface area contributed by atoms with E-state index >= 15 is 0 Å². The second kappa shape index (κ2) is 7.32. The first kappa shape index (κ1) is 19.4. The predicted octanol–water partition coefficient (Wildman–Crippen LogP) is 2.54. The number of alkyl carbamates (subject to hydrolysis) is 1. The van der Waals surface area contributed by atoms with Crippen molar-refractivity contribution in [2.24, 2.45) is 5.92 Å². The summed E-state index contributed by atoms with van der Waals surface area (Å²) in [5.41, 5.74) is -0.0256. The van der Waals surface area contributed by atoms with Gasteiger partial charge in [-0.05, 0) is 38.5 Å². The molecule has 0 saturated carbocycles. The zero-order chi connectivity index (χ0) is 19.7. The highest BCUT2D eigenvalue weighted by molar-refractivity contribution is 5.89. The van der Waals surface area contributed by atoms with Crippen LogP contribution >= 0.6 is 0 Å². The van der Waals surface area contributed by atoms with E-state index in [1.165, 1.54) is 0 Å². The highest BCUT2D eigenvalue weighted by atomic mass is 16.7. The van der Waals surface area contributed by atoms with Crippen molar-refractivity contribution >= 4 is 12.1 Å². The summed E-state index contributed by atoms with van der Waals surface area (Å²) in [6.07, 6.45) is -0.526. The molecule has 1 amide bonds. The minimum Gasteiger partial charge on any atom is -0.444 e. The van der Waals surface area contributed by atoms with Crippen LogP contribution in [0, 0.1) is 5.92 Å². The molecule has 2 fully saturated rings. The molecular weight excluding hydrogens is 348 g/mol. The van der Waals surface area contributed by atoms with Gasteiger partial charge in [0, 0.05) is 12.5 Å². The van der Waals surface area contributed by atoms with Crippen molar-refractivity contribution in [3.05, 3.63) is 48.0 Å². The fourth-order valence-corrected chi connectivity index (χ4v) is 3.48. The van der Waals surface area contributed by atoms with Crippen LogP contribution in [-0.2, 0) is 14.3 Å². The standard InChI is InChI=1S/C20H26N2O5/c1-14-11-25-13-20(21-18(24)26-19(2,3)4)12-22(10-16(14)20)27-17(23)15-8-6-5-7-9-15/h5-9,16H,1,10-13H2,2-4H3,(H,21,24)/t16-,20+/m1/s1. The summed E-state index contributed by atoms with van der Waals surface area (Å²) in [5, 5.41) is 4.51. The second-order valence-corrected chi connectivity index (χ2v) is 8.05. The maximum Gasteiger partial charge on any atom is 0.408 e. The van der Waals surface area contributed by atoms with Crippen LogP contribution in [0.15, 0.2) is 42.5 Å². The maximum absolute atomic E-state index is 12.4. The summed E-state index contributed by atoms with van der Waals surface area (Å²) in [6, 6.07) is 8.79. The Labute approximate surface area is 159 Å². The summed E-state index contributed by atoms with van der Waals surface area (Å²) in [7, 11) is 0. The summed E-state index contributed by atoms with van der Waals surface area (Å²) >= 11 is 0. The van der Waals surface area contributed by atoms with Gasteiger partial charge in [0.15, 0.2) is 0 Å². The molecule has 0 aliphatic carbocycles. The first-order valence-electron chi connectivity index (χ1n) is 8.97. The van der Waals surface area contributed by atoms with Crippen LogP contribution in [0.3, 0.4) is 0 Å². The minimum atomic E-state index is -0.741. The van der Waals surface area contributed by atoms with E-state index in [9.17, 15) is 9.59 Å². The van der Waals surface area contributed by atoms with Crippen molar-refractivity contribution in [2.75, 3.05) is 26.3 Å². The molecule has 0 aromatic heterocycles. The van der Waals surface area contributed by atoms with Crippen molar-refractivity contribution in [3.8, 4) is 0 Å². The van der Waals surface area contributed by atoms with Crippen LogP contribution < -0.4 is 5.32 Å². The molecule has 0 radical (unpaired) electrons. The smallest absolute Gasteiger partial charge is 0.408 e. The number of rotatable bonds is 3. The van der Waals surface area contributed by atoms with Crippen molar-refractivity contribution < 1.29 is 23.9 Å². The third-order valence-electron chi connectivity index (χ3n) is 4.62. The highest BCUT2D eigenvalue weighted by Crippen LogP contribution is 2.37. The molecule has 7 heteroatoms. The molecule has 1 aromatic carbocycles. The molecule has 2 aliphatic heterocycles. The summed E-state index contributed by atoms with van der Waals surface area (Å²) < 4.78 is 11.0. The fraction of sp³-hybridized carbons (Fsp3) is 0.500. The number of amides is 1. The minimum absolute atomic E-state index is 0.0951. The maximum atomic E-state index is 12.4. The third-order valence-corrected chi connectivity index (χ3v) is 4.62. The van der Waals surface area contributed by atoms with Gasteiger partial charge in [0.2, 0.25) is 0 Å². The molecule has 0 spiro atoms. The number of benzene rings is 1. The van der Waals surface area contributed by atoms with E-state index in [2.05, 4.69) is 11.9 Å². The van der Waals surface area contributed by atoms with Crippen LogP contribution in [0.25, 0.3) is 0 Å². The van der Waals surface area contributed by atoms with Gasteiger partial charge < -0.3 is 19.6 Å². The normalized spacial score (nSPS) is 25.6. The van der Waals surface area contributed by atoms with E-state index in [0.717, 1.165) is 5.57 Å². The topological polar surface area (TPSA) is 77.1 Å². The van der Waals surface area contributed by atoms with Crippen molar-refractivity contribution in [3.63, 3.8) is 0 Å². The van der Waals surface area contributed by atoms with Gasteiger partial charge in [-0.1, -0.05) is 24.8 Å². The Morgan fingerprint density at radius 2 is 2.00 bits per heavy atom. The van der Waals surface area contributed by atoms with Gasteiger partial charge in [-0.2, -0.15) is 0 Å². The van der Waals surface area contributed by atoms with E-state index in [-0.39, 0.29) is 5.92 Å². The molecule has 27 heavy (non-hydrogen) atoms. The molecule has 2 atom stereocenters.